The van der Waals surface area contributed by atoms with Crippen LogP contribution in [0.4, 0.5) is 24.5 Å². The number of anilines is 2. The van der Waals surface area contributed by atoms with E-state index in [4.69, 9.17) is 0 Å². The Hall–Kier alpha value is -2.50. The molecule has 0 unspecified atom stereocenters. The highest BCUT2D eigenvalue weighted by Crippen LogP contribution is 2.25. The third-order valence-corrected chi connectivity index (χ3v) is 4.51. The van der Waals surface area contributed by atoms with Crippen LogP contribution in [0.2, 0.25) is 0 Å². The summed E-state index contributed by atoms with van der Waals surface area (Å²) in [6, 6.07) is 8.09. The number of piperidine rings is 1. The lowest BCUT2D eigenvalue weighted by Gasteiger charge is -2.29. The first kappa shape index (κ1) is 18.3. The average Bonchev–Trinajstić information content (AvgIpc) is 2.63. The van der Waals surface area contributed by atoms with E-state index in [0.717, 1.165) is 43.8 Å². The van der Waals surface area contributed by atoms with E-state index in [1.54, 1.807) is 6.07 Å². The van der Waals surface area contributed by atoms with Crippen LogP contribution in [0.5, 0.6) is 0 Å². The third-order valence-electron chi connectivity index (χ3n) is 4.51. The molecule has 1 fully saturated rings. The van der Waals surface area contributed by atoms with Crippen LogP contribution in [0.25, 0.3) is 0 Å². The largest absolute Gasteiger partial charge is 0.371 e. The van der Waals surface area contributed by atoms with E-state index < -0.39 is 17.5 Å². The van der Waals surface area contributed by atoms with Gasteiger partial charge >= 0.3 is 0 Å². The topological polar surface area (TPSA) is 32.3 Å². The molecule has 0 saturated carbocycles. The number of amides is 1. The van der Waals surface area contributed by atoms with Gasteiger partial charge in [-0.05, 0) is 61.6 Å². The van der Waals surface area contributed by atoms with Crippen LogP contribution in [0.15, 0.2) is 36.4 Å². The summed E-state index contributed by atoms with van der Waals surface area (Å²) in [6.45, 7) is 1.76. The third kappa shape index (κ3) is 4.77. The van der Waals surface area contributed by atoms with Crippen molar-refractivity contribution >= 4 is 17.3 Å². The van der Waals surface area contributed by atoms with Gasteiger partial charge in [0.15, 0.2) is 11.6 Å². The number of benzene rings is 2. The summed E-state index contributed by atoms with van der Waals surface area (Å²) in [7, 11) is 0. The molecule has 3 nitrogen and oxygen atoms in total. The fourth-order valence-electron chi connectivity index (χ4n) is 3.16. The Morgan fingerprint density at radius 1 is 0.962 bits per heavy atom. The summed E-state index contributed by atoms with van der Waals surface area (Å²) in [5.41, 5.74) is 1.70. The molecule has 1 N–H and O–H groups in total. The number of hydrogen-bond donors (Lipinski definition) is 1. The Morgan fingerprint density at radius 3 is 2.46 bits per heavy atom. The standard InChI is InChI=1S/C20H21F3N2O/c21-15-11-16(13-17(12-15)25-8-2-1-3-9-25)24-20(26)7-5-14-4-6-18(22)19(23)10-14/h4,6,10-13H,1-3,5,7-9H2,(H,24,26). The Kier molecular flexibility index (Phi) is 5.81. The van der Waals surface area contributed by atoms with Crippen molar-refractivity contribution in [3.8, 4) is 0 Å². The molecule has 2 aromatic carbocycles. The van der Waals surface area contributed by atoms with E-state index in [0.29, 0.717) is 11.3 Å². The van der Waals surface area contributed by atoms with E-state index in [2.05, 4.69) is 10.2 Å². The maximum atomic E-state index is 13.9. The molecule has 6 heteroatoms. The molecule has 138 valence electrons. The van der Waals surface area contributed by atoms with Crippen LogP contribution < -0.4 is 10.2 Å². The van der Waals surface area contributed by atoms with Gasteiger partial charge in [0.25, 0.3) is 0 Å². The lowest BCUT2D eigenvalue weighted by molar-refractivity contribution is -0.116. The van der Waals surface area contributed by atoms with Crippen LogP contribution in [0.1, 0.15) is 31.2 Å². The van der Waals surface area contributed by atoms with E-state index in [1.165, 1.54) is 24.6 Å². The fourth-order valence-corrected chi connectivity index (χ4v) is 3.16. The highest BCUT2D eigenvalue weighted by atomic mass is 19.2. The number of nitrogens with zero attached hydrogens (tertiary/aromatic N) is 1. The van der Waals surface area contributed by atoms with Crippen LogP contribution in [0, 0.1) is 17.5 Å². The summed E-state index contributed by atoms with van der Waals surface area (Å²) >= 11 is 0. The van der Waals surface area contributed by atoms with E-state index in [9.17, 15) is 18.0 Å². The Labute approximate surface area is 150 Å². The van der Waals surface area contributed by atoms with Crippen molar-refractivity contribution in [3.05, 3.63) is 59.4 Å². The molecule has 0 aliphatic carbocycles. The number of halogens is 3. The van der Waals surface area contributed by atoms with E-state index in [1.807, 2.05) is 0 Å². The number of carbonyl (C=O) groups is 1. The lowest BCUT2D eigenvalue weighted by Crippen LogP contribution is -2.29. The average molecular weight is 362 g/mol. The van der Waals surface area contributed by atoms with Gasteiger partial charge in [0.2, 0.25) is 5.91 Å². The van der Waals surface area contributed by atoms with Gasteiger partial charge < -0.3 is 10.2 Å². The molecule has 1 amide bonds. The van der Waals surface area contributed by atoms with Gasteiger partial charge in [-0.15, -0.1) is 0 Å². The molecular weight excluding hydrogens is 341 g/mol. The van der Waals surface area contributed by atoms with Gasteiger partial charge in [-0.25, -0.2) is 13.2 Å². The molecule has 26 heavy (non-hydrogen) atoms. The molecule has 1 heterocycles. The summed E-state index contributed by atoms with van der Waals surface area (Å²) in [5, 5.41) is 2.69. The number of hydrogen-bond acceptors (Lipinski definition) is 2. The van der Waals surface area contributed by atoms with Crippen molar-refractivity contribution in [2.24, 2.45) is 0 Å². The second-order valence-corrected chi connectivity index (χ2v) is 6.54. The van der Waals surface area contributed by atoms with Crippen LogP contribution in [0.3, 0.4) is 0 Å². The molecule has 2 aromatic rings. The minimum atomic E-state index is -0.931. The highest BCUT2D eigenvalue weighted by Gasteiger charge is 2.14. The first-order valence-corrected chi connectivity index (χ1v) is 8.80. The molecule has 0 spiro atoms. The second kappa shape index (κ2) is 8.25. The van der Waals surface area contributed by atoms with Crippen molar-refractivity contribution in [2.75, 3.05) is 23.3 Å². The van der Waals surface area contributed by atoms with E-state index in [-0.39, 0.29) is 18.7 Å². The lowest BCUT2D eigenvalue weighted by atomic mass is 10.1. The SMILES string of the molecule is O=C(CCc1ccc(F)c(F)c1)Nc1cc(F)cc(N2CCCCC2)c1. The number of rotatable bonds is 5. The van der Waals surface area contributed by atoms with Gasteiger partial charge in [-0.2, -0.15) is 0 Å². The smallest absolute Gasteiger partial charge is 0.224 e. The van der Waals surface area contributed by atoms with Crippen molar-refractivity contribution in [3.63, 3.8) is 0 Å². The molecule has 1 aliphatic heterocycles. The minimum Gasteiger partial charge on any atom is -0.371 e. The van der Waals surface area contributed by atoms with Crippen LogP contribution in [-0.4, -0.2) is 19.0 Å². The summed E-state index contributed by atoms with van der Waals surface area (Å²) in [4.78, 5) is 14.2. The molecule has 3 rings (SSSR count). The van der Waals surface area contributed by atoms with Crippen LogP contribution >= 0.6 is 0 Å². The molecular formula is C20H21F3N2O. The molecule has 0 radical (unpaired) electrons. The number of aryl methyl sites for hydroxylation is 1. The first-order valence-electron chi connectivity index (χ1n) is 8.80. The van der Waals surface area contributed by atoms with Crippen molar-refractivity contribution in [1.82, 2.24) is 0 Å². The molecule has 1 aliphatic rings. The predicted molar refractivity (Wildman–Crippen MR) is 95.8 cm³/mol. The Balaban J connectivity index is 1.61. The molecule has 0 aromatic heterocycles. The maximum Gasteiger partial charge on any atom is 0.224 e. The fraction of sp³-hybridized carbons (Fsp3) is 0.350. The van der Waals surface area contributed by atoms with Gasteiger partial charge in [-0.3, -0.25) is 4.79 Å². The van der Waals surface area contributed by atoms with Crippen molar-refractivity contribution < 1.29 is 18.0 Å². The van der Waals surface area contributed by atoms with Crippen molar-refractivity contribution in [1.29, 1.82) is 0 Å². The zero-order chi connectivity index (χ0) is 18.5. The number of carbonyl (C=O) groups excluding carboxylic acids is 1. The monoisotopic (exact) mass is 362 g/mol. The molecule has 0 atom stereocenters. The zero-order valence-corrected chi connectivity index (χ0v) is 14.4. The second-order valence-electron chi connectivity index (χ2n) is 6.54. The summed E-state index contributed by atoms with van der Waals surface area (Å²) in [5.74, 6) is -2.55. The molecule has 0 bridgehead atoms. The Morgan fingerprint density at radius 2 is 1.73 bits per heavy atom. The maximum absolute atomic E-state index is 13.9. The normalized spacial score (nSPS) is 14.3. The zero-order valence-electron chi connectivity index (χ0n) is 14.4. The van der Waals surface area contributed by atoms with Crippen LogP contribution in [-0.2, 0) is 11.2 Å². The Bertz CT molecular complexity index is 789. The number of nitrogens with one attached hydrogen (secondary N) is 1. The van der Waals surface area contributed by atoms with Gasteiger partial charge in [0.1, 0.15) is 5.82 Å². The van der Waals surface area contributed by atoms with Gasteiger partial charge in [0, 0.05) is 30.9 Å². The summed E-state index contributed by atoms with van der Waals surface area (Å²) in [6.07, 6.45) is 3.70. The predicted octanol–water partition coefficient (Wildman–Crippen LogP) is 4.67. The minimum absolute atomic E-state index is 0.0979. The van der Waals surface area contributed by atoms with Gasteiger partial charge in [-0.1, -0.05) is 6.07 Å². The quantitative estimate of drug-likeness (QED) is 0.839. The van der Waals surface area contributed by atoms with Gasteiger partial charge in [0.05, 0.1) is 0 Å². The molecule has 1 saturated heterocycles. The summed E-state index contributed by atoms with van der Waals surface area (Å²) < 4.78 is 40.0. The first-order chi connectivity index (χ1) is 12.5. The van der Waals surface area contributed by atoms with Crippen molar-refractivity contribution in [2.45, 2.75) is 32.1 Å². The highest BCUT2D eigenvalue weighted by molar-refractivity contribution is 5.91. The van der Waals surface area contributed by atoms with E-state index >= 15 is 0 Å².